The van der Waals surface area contributed by atoms with Crippen LogP contribution in [0.3, 0.4) is 0 Å². The number of carbonyl (C=O) groups is 1. The molecule has 2 aromatic rings. The number of fused-ring (bicyclic) bond motifs is 1. The largest absolute Gasteiger partial charge is 0.360 e. The predicted octanol–water partition coefficient (Wildman–Crippen LogP) is 1.24. The summed E-state index contributed by atoms with van der Waals surface area (Å²) in [6.45, 7) is -0.551. The highest BCUT2D eigenvalue weighted by molar-refractivity contribution is 6.06. The number of carbonyl (C=O) groups excluding carboxylic acids is 1. The summed E-state index contributed by atoms with van der Waals surface area (Å²) in [4.78, 5) is 14.3. The molecule has 4 N–H and O–H groups in total. The molecule has 2 rings (SSSR count). The molecule has 1 heterocycles. The van der Waals surface area contributed by atoms with Gasteiger partial charge in [-0.25, -0.2) is 10.2 Å². The van der Waals surface area contributed by atoms with Gasteiger partial charge in [0, 0.05) is 17.1 Å². The molecule has 1 amide bonds. The molecule has 0 spiro atoms. The summed E-state index contributed by atoms with van der Waals surface area (Å²) in [6, 6.07) is 5.04. The molecule has 0 bridgehead atoms. The zero-order valence-corrected chi connectivity index (χ0v) is 7.88. The Balaban J connectivity index is 2.61. The predicted molar refractivity (Wildman–Crippen MR) is 54.8 cm³/mol. The van der Waals surface area contributed by atoms with Gasteiger partial charge in [0.2, 0.25) is 0 Å². The van der Waals surface area contributed by atoms with Crippen LogP contribution in [0, 0.1) is 0 Å². The van der Waals surface area contributed by atoms with Crippen molar-refractivity contribution in [3.05, 3.63) is 35.5 Å². The van der Waals surface area contributed by atoms with Gasteiger partial charge in [-0.1, -0.05) is 6.07 Å². The van der Waals surface area contributed by atoms with E-state index in [1.807, 2.05) is 5.43 Å². The van der Waals surface area contributed by atoms with E-state index < -0.39 is 12.6 Å². The summed E-state index contributed by atoms with van der Waals surface area (Å²) in [7, 11) is 0. The molecule has 78 valence electrons. The van der Waals surface area contributed by atoms with Crippen molar-refractivity contribution in [3.8, 4) is 0 Å². The Kier molecular flexibility index (Phi) is 2.39. The molecule has 1 aromatic heterocycles. The Labute approximate surface area is 85.2 Å². The molecule has 0 aliphatic heterocycles. The van der Waals surface area contributed by atoms with Crippen LogP contribution in [0.4, 0.5) is 4.39 Å². The number of benzene rings is 1. The van der Waals surface area contributed by atoms with Crippen LogP contribution in [-0.2, 0) is 6.67 Å². The van der Waals surface area contributed by atoms with E-state index in [1.165, 1.54) is 0 Å². The third-order valence-electron chi connectivity index (χ3n) is 2.28. The van der Waals surface area contributed by atoms with Crippen molar-refractivity contribution in [2.24, 2.45) is 5.84 Å². The first-order chi connectivity index (χ1) is 7.26. The lowest BCUT2D eigenvalue weighted by atomic mass is 10.1. The second-order valence-electron chi connectivity index (χ2n) is 3.19. The molecular weight excluding hydrogens is 197 g/mol. The second-order valence-corrected chi connectivity index (χ2v) is 3.19. The van der Waals surface area contributed by atoms with Crippen molar-refractivity contribution in [3.63, 3.8) is 0 Å². The summed E-state index contributed by atoms with van der Waals surface area (Å²) in [5.74, 6) is 4.65. The van der Waals surface area contributed by atoms with E-state index >= 15 is 0 Å². The van der Waals surface area contributed by atoms with Gasteiger partial charge in [0.1, 0.15) is 6.67 Å². The molecular formula is C10H10FN3O. The lowest BCUT2D eigenvalue weighted by Gasteiger charge is -1.98. The molecule has 0 fully saturated rings. The summed E-state index contributed by atoms with van der Waals surface area (Å²) < 4.78 is 12.4. The lowest BCUT2D eigenvalue weighted by Crippen LogP contribution is -2.29. The van der Waals surface area contributed by atoms with Crippen LogP contribution < -0.4 is 11.3 Å². The standard InChI is InChI=1S/C10H10FN3O/c11-4-6-1-2-9-7(3-6)8(5-13-9)10(15)14-12/h1-3,5,13H,4,12H2,(H,14,15). The fraction of sp³-hybridized carbons (Fsp3) is 0.100. The first-order valence-electron chi connectivity index (χ1n) is 4.43. The van der Waals surface area contributed by atoms with Crippen molar-refractivity contribution >= 4 is 16.8 Å². The average molecular weight is 207 g/mol. The Morgan fingerprint density at radius 1 is 1.53 bits per heavy atom. The molecule has 4 nitrogen and oxygen atoms in total. The number of aromatic amines is 1. The van der Waals surface area contributed by atoms with E-state index in [-0.39, 0.29) is 0 Å². The zero-order valence-electron chi connectivity index (χ0n) is 7.88. The number of amides is 1. The first-order valence-corrected chi connectivity index (χ1v) is 4.43. The number of rotatable bonds is 2. The van der Waals surface area contributed by atoms with Crippen LogP contribution in [0.1, 0.15) is 15.9 Å². The molecule has 1 aromatic carbocycles. The minimum atomic E-state index is -0.551. The molecule has 0 radical (unpaired) electrons. The van der Waals surface area contributed by atoms with Crippen molar-refractivity contribution in [1.29, 1.82) is 0 Å². The number of H-pyrrole nitrogens is 1. The van der Waals surface area contributed by atoms with E-state index in [0.717, 1.165) is 5.52 Å². The summed E-state index contributed by atoms with van der Waals surface area (Å²) in [5, 5.41) is 0.674. The SMILES string of the molecule is NNC(=O)c1c[nH]c2ccc(CF)cc12. The van der Waals surface area contributed by atoms with E-state index in [2.05, 4.69) is 4.98 Å². The van der Waals surface area contributed by atoms with Gasteiger partial charge in [0.15, 0.2) is 0 Å². The number of halogens is 1. The zero-order chi connectivity index (χ0) is 10.8. The maximum Gasteiger partial charge on any atom is 0.267 e. The fourth-order valence-electron chi connectivity index (χ4n) is 1.52. The molecule has 5 heteroatoms. The number of aromatic nitrogens is 1. The fourth-order valence-corrected chi connectivity index (χ4v) is 1.52. The van der Waals surface area contributed by atoms with Crippen LogP contribution in [0.2, 0.25) is 0 Å². The van der Waals surface area contributed by atoms with Gasteiger partial charge in [0.05, 0.1) is 5.56 Å². The second kappa shape index (κ2) is 3.70. The number of hydrogen-bond donors (Lipinski definition) is 3. The highest BCUT2D eigenvalue weighted by atomic mass is 19.1. The monoisotopic (exact) mass is 207 g/mol. The van der Waals surface area contributed by atoms with Crippen LogP contribution >= 0.6 is 0 Å². The maximum atomic E-state index is 12.4. The van der Waals surface area contributed by atoms with E-state index in [1.54, 1.807) is 24.4 Å². The smallest absolute Gasteiger partial charge is 0.267 e. The number of hydrogen-bond acceptors (Lipinski definition) is 2. The number of nitrogen functional groups attached to an aromatic ring is 1. The van der Waals surface area contributed by atoms with Gasteiger partial charge in [-0.05, 0) is 17.7 Å². The minimum Gasteiger partial charge on any atom is -0.360 e. The van der Waals surface area contributed by atoms with Crippen LogP contribution in [-0.4, -0.2) is 10.9 Å². The Hall–Kier alpha value is -1.88. The average Bonchev–Trinajstić information content (AvgIpc) is 2.70. The topological polar surface area (TPSA) is 70.9 Å². The number of hydrazine groups is 1. The van der Waals surface area contributed by atoms with Crippen molar-refractivity contribution in [2.75, 3.05) is 0 Å². The van der Waals surface area contributed by atoms with E-state index in [9.17, 15) is 9.18 Å². The number of alkyl halides is 1. The highest BCUT2D eigenvalue weighted by Crippen LogP contribution is 2.20. The molecule has 0 saturated carbocycles. The summed E-state index contributed by atoms with van der Waals surface area (Å²) in [6.07, 6.45) is 1.55. The summed E-state index contributed by atoms with van der Waals surface area (Å²) >= 11 is 0. The quantitative estimate of drug-likeness (QED) is 0.394. The third kappa shape index (κ3) is 1.57. The summed E-state index contributed by atoms with van der Waals surface area (Å²) in [5.41, 5.74) is 3.78. The number of nitrogens with one attached hydrogen (secondary N) is 2. The molecule has 0 aliphatic carbocycles. The first kappa shape index (κ1) is 9.67. The van der Waals surface area contributed by atoms with Gasteiger partial charge in [0.25, 0.3) is 5.91 Å². The Morgan fingerprint density at radius 2 is 2.33 bits per heavy atom. The van der Waals surface area contributed by atoms with Crippen molar-refractivity contribution in [1.82, 2.24) is 10.4 Å². The molecule has 0 saturated heterocycles. The van der Waals surface area contributed by atoms with Gasteiger partial charge in [-0.2, -0.15) is 0 Å². The van der Waals surface area contributed by atoms with Gasteiger partial charge in [-0.3, -0.25) is 10.2 Å². The maximum absolute atomic E-state index is 12.4. The van der Waals surface area contributed by atoms with Crippen LogP contribution in [0.15, 0.2) is 24.4 Å². The molecule has 0 unspecified atom stereocenters. The Morgan fingerprint density at radius 3 is 3.00 bits per heavy atom. The molecule has 0 aliphatic rings. The minimum absolute atomic E-state index is 0.391. The normalized spacial score (nSPS) is 10.5. The number of nitrogens with two attached hydrogens (primary N) is 1. The van der Waals surface area contributed by atoms with Crippen molar-refractivity contribution in [2.45, 2.75) is 6.67 Å². The van der Waals surface area contributed by atoms with Crippen LogP contribution in [0.25, 0.3) is 10.9 Å². The Bertz CT molecular complexity index is 506. The molecule has 0 atom stereocenters. The third-order valence-corrected chi connectivity index (χ3v) is 2.28. The van der Waals surface area contributed by atoms with E-state index in [4.69, 9.17) is 5.84 Å². The lowest BCUT2D eigenvalue weighted by molar-refractivity contribution is 0.0955. The van der Waals surface area contributed by atoms with Gasteiger partial charge >= 0.3 is 0 Å². The van der Waals surface area contributed by atoms with Gasteiger partial charge in [-0.15, -0.1) is 0 Å². The highest BCUT2D eigenvalue weighted by Gasteiger charge is 2.10. The van der Waals surface area contributed by atoms with Crippen molar-refractivity contribution < 1.29 is 9.18 Å². The van der Waals surface area contributed by atoms with Gasteiger partial charge < -0.3 is 4.98 Å². The molecule has 15 heavy (non-hydrogen) atoms. The van der Waals surface area contributed by atoms with Crippen LogP contribution in [0.5, 0.6) is 0 Å². The van der Waals surface area contributed by atoms with E-state index in [0.29, 0.717) is 16.5 Å².